The Labute approximate surface area is 190 Å². The molecule has 0 saturated heterocycles. The SMILES string of the molecule is CCCCn1c(=O)nc(Nc2ccc(OC(C)C)c(F)c2)n(Cc2ccc(Cl)cc2)c1=O. The third-order valence-corrected chi connectivity index (χ3v) is 4.94. The lowest BCUT2D eigenvalue weighted by Crippen LogP contribution is -2.42. The Bertz CT molecular complexity index is 1190. The lowest BCUT2D eigenvalue weighted by molar-refractivity contribution is 0.231. The van der Waals surface area contributed by atoms with Gasteiger partial charge in [-0.2, -0.15) is 4.98 Å². The minimum absolute atomic E-state index is 0.0274. The van der Waals surface area contributed by atoms with Crippen molar-refractivity contribution in [2.24, 2.45) is 0 Å². The second kappa shape index (κ2) is 10.5. The fourth-order valence-corrected chi connectivity index (χ4v) is 3.23. The van der Waals surface area contributed by atoms with Crippen LogP contribution in [0, 0.1) is 5.82 Å². The predicted molar refractivity (Wildman–Crippen MR) is 124 cm³/mol. The normalized spacial score (nSPS) is 11.1. The number of hydrogen-bond acceptors (Lipinski definition) is 5. The standard InChI is InChI=1S/C23H26ClFN4O3/c1-4-5-12-28-22(30)27-21(26-18-10-11-20(19(25)13-18)32-15(2)3)29(23(28)31)14-16-6-8-17(24)9-7-16/h6-11,13,15H,4-5,12,14H2,1-3H3,(H,26,27,30). The number of aromatic nitrogens is 3. The number of unbranched alkanes of at least 4 members (excludes halogenated alkanes) is 1. The van der Waals surface area contributed by atoms with Gasteiger partial charge in [-0.05, 0) is 50.1 Å². The summed E-state index contributed by atoms with van der Waals surface area (Å²) in [6.07, 6.45) is 1.32. The van der Waals surface area contributed by atoms with Gasteiger partial charge in [0.25, 0.3) is 0 Å². The average molecular weight is 461 g/mol. The maximum atomic E-state index is 14.4. The van der Waals surface area contributed by atoms with Crippen molar-refractivity contribution in [2.45, 2.75) is 52.8 Å². The van der Waals surface area contributed by atoms with Gasteiger partial charge in [0, 0.05) is 23.3 Å². The fraction of sp³-hybridized carbons (Fsp3) is 0.348. The molecule has 1 aromatic heterocycles. The van der Waals surface area contributed by atoms with Crippen LogP contribution < -0.4 is 21.4 Å². The highest BCUT2D eigenvalue weighted by atomic mass is 35.5. The molecule has 0 aliphatic heterocycles. The molecule has 0 fully saturated rings. The maximum absolute atomic E-state index is 14.4. The van der Waals surface area contributed by atoms with E-state index >= 15 is 0 Å². The van der Waals surface area contributed by atoms with Crippen LogP contribution in [0.1, 0.15) is 39.2 Å². The molecule has 2 aromatic carbocycles. The van der Waals surface area contributed by atoms with E-state index in [0.717, 1.165) is 16.6 Å². The van der Waals surface area contributed by atoms with Crippen LogP contribution in [0.25, 0.3) is 0 Å². The second-order valence-electron chi connectivity index (χ2n) is 7.66. The third-order valence-electron chi connectivity index (χ3n) is 4.69. The van der Waals surface area contributed by atoms with Gasteiger partial charge in [0.1, 0.15) is 0 Å². The molecule has 0 atom stereocenters. The molecule has 0 amide bonds. The highest BCUT2D eigenvalue weighted by molar-refractivity contribution is 6.30. The van der Waals surface area contributed by atoms with E-state index in [1.807, 2.05) is 6.92 Å². The van der Waals surface area contributed by atoms with Crippen LogP contribution in [0.3, 0.4) is 0 Å². The van der Waals surface area contributed by atoms with Gasteiger partial charge in [-0.3, -0.25) is 4.57 Å². The molecule has 0 spiro atoms. The summed E-state index contributed by atoms with van der Waals surface area (Å²) in [4.78, 5) is 29.8. The van der Waals surface area contributed by atoms with Gasteiger partial charge in [0.15, 0.2) is 11.6 Å². The number of benzene rings is 2. The van der Waals surface area contributed by atoms with Crippen LogP contribution in [-0.2, 0) is 13.1 Å². The Hall–Kier alpha value is -3.13. The molecule has 1 heterocycles. The summed E-state index contributed by atoms with van der Waals surface area (Å²) in [5.74, 6) is -0.418. The minimum Gasteiger partial charge on any atom is -0.488 e. The molecular weight excluding hydrogens is 435 g/mol. The predicted octanol–water partition coefficient (Wildman–Crippen LogP) is 4.58. The van der Waals surface area contributed by atoms with Crippen molar-refractivity contribution in [3.8, 4) is 5.75 Å². The summed E-state index contributed by atoms with van der Waals surface area (Å²) in [6.45, 7) is 6.02. The quantitative estimate of drug-likeness (QED) is 0.505. The van der Waals surface area contributed by atoms with Crippen LogP contribution in [0.2, 0.25) is 5.02 Å². The first-order valence-electron chi connectivity index (χ1n) is 10.5. The number of rotatable bonds is 9. The van der Waals surface area contributed by atoms with Crippen LogP contribution in [-0.4, -0.2) is 20.2 Å². The Kier molecular flexibility index (Phi) is 7.69. The molecule has 0 aliphatic rings. The van der Waals surface area contributed by atoms with Crippen LogP contribution in [0.4, 0.5) is 16.0 Å². The zero-order valence-electron chi connectivity index (χ0n) is 18.3. The molecule has 0 bridgehead atoms. The Morgan fingerprint density at radius 3 is 2.47 bits per heavy atom. The van der Waals surface area contributed by atoms with Crippen molar-refractivity contribution in [1.29, 1.82) is 0 Å². The zero-order chi connectivity index (χ0) is 23.3. The summed E-state index contributed by atoms with van der Waals surface area (Å²) in [5, 5.41) is 3.48. The van der Waals surface area contributed by atoms with Crippen molar-refractivity contribution in [3.63, 3.8) is 0 Å². The van der Waals surface area contributed by atoms with Gasteiger partial charge in [0.2, 0.25) is 5.95 Å². The highest BCUT2D eigenvalue weighted by Crippen LogP contribution is 2.24. The summed E-state index contributed by atoms with van der Waals surface area (Å²) in [5.41, 5.74) is -0.00959. The first-order valence-corrected chi connectivity index (χ1v) is 10.9. The number of halogens is 2. The molecule has 9 heteroatoms. The van der Waals surface area contributed by atoms with Crippen LogP contribution in [0.15, 0.2) is 52.1 Å². The van der Waals surface area contributed by atoms with Gasteiger partial charge in [-0.15, -0.1) is 0 Å². The van der Waals surface area contributed by atoms with Crippen molar-refractivity contribution >= 4 is 23.2 Å². The van der Waals surface area contributed by atoms with Gasteiger partial charge in [-0.25, -0.2) is 18.5 Å². The van der Waals surface area contributed by atoms with Gasteiger partial charge >= 0.3 is 11.4 Å². The molecule has 3 rings (SSSR count). The monoisotopic (exact) mass is 460 g/mol. The Morgan fingerprint density at radius 1 is 1.12 bits per heavy atom. The van der Waals surface area contributed by atoms with E-state index in [2.05, 4.69) is 10.3 Å². The molecule has 0 unspecified atom stereocenters. The lowest BCUT2D eigenvalue weighted by atomic mass is 10.2. The largest absolute Gasteiger partial charge is 0.488 e. The summed E-state index contributed by atoms with van der Waals surface area (Å²) < 4.78 is 22.3. The first kappa shape index (κ1) is 23.5. The highest BCUT2D eigenvalue weighted by Gasteiger charge is 2.15. The van der Waals surface area contributed by atoms with E-state index in [-0.39, 0.29) is 30.9 Å². The molecule has 0 radical (unpaired) electrons. The van der Waals surface area contributed by atoms with E-state index in [0.29, 0.717) is 17.1 Å². The van der Waals surface area contributed by atoms with E-state index in [1.165, 1.54) is 16.7 Å². The van der Waals surface area contributed by atoms with E-state index < -0.39 is 17.2 Å². The van der Waals surface area contributed by atoms with Gasteiger partial charge in [-0.1, -0.05) is 37.1 Å². The first-order chi connectivity index (χ1) is 15.3. The number of nitrogens with zero attached hydrogens (tertiary/aromatic N) is 3. The van der Waals surface area contributed by atoms with Crippen molar-refractivity contribution in [1.82, 2.24) is 14.1 Å². The summed E-state index contributed by atoms with van der Waals surface area (Å²) in [6, 6.07) is 11.3. The fourth-order valence-electron chi connectivity index (χ4n) is 3.10. The molecule has 170 valence electrons. The second-order valence-corrected chi connectivity index (χ2v) is 8.09. The van der Waals surface area contributed by atoms with Crippen molar-refractivity contribution in [2.75, 3.05) is 5.32 Å². The molecule has 0 saturated carbocycles. The lowest BCUT2D eigenvalue weighted by Gasteiger charge is -2.16. The van der Waals surface area contributed by atoms with Crippen molar-refractivity contribution < 1.29 is 9.13 Å². The number of ether oxygens (including phenoxy) is 1. The smallest absolute Gasteiger partial charge is 0.354 e. The Balaban J connectivity index is 2.01. The molecule has 32 heavy (non-hydrogen) atoms. The number of nitrogens with one attached hydrogen (secondary N) is 1. The van der Waals surface area contributed by atoms with Crippen molar-refractivity contribution in [3.05, 3.63) is 79.8 Å². The maximum Gasteiger partial charge on any atom is 0.354 e. The molecular formula is C23H26ClFN4O3. The third kappa shape index (κ3) is 5.76. The number of hydrogen-bond donors (Lipinski definition) is 1. The molecule has 3 aromatic rings. The molecule has 7 nitrogen and oxygen atoms in total. The van der Waals surface area contributed by atoms with Gasteiger partial charge in [0.05, 0.1) is 12.6 Å². The van der Waals surface area contributed by atoms with Crippen LogP contribution in [0.5, 0.6) is 5.75 Å². The van der Waals surface area contributed by atoms with E-state index in [9.17, 15) is 14.0 Å². The Morgan fingerprint density at radius 2 is 1.84 bits per heavy atom. The molecule has 0 aliphatic carbocycles. The minimum atomic E-state index is -0.654. The van der Waals surface area contributed by atoms with Crippen LogP contribution >= 0.6 is 11.6 Å². The summed E-state index contributed by atoms with van der Waals surface area (Å²) >= 11 is 5.96. The van der Waals surface area contributed by atoms with E-state index in [4.69, 9.17) is 16.3 Å². The summed E-state index contributed by atoms with van der Waals surface area (Å²) in [7, 11) is 0. The zero-order valence-corrected chi connectivity index (χ0v) is 19.0. The topological polar surface area (TPSA) is 78.2 Å². The molecule has 1 N–H and O–H groups in total. The van der Waals surface area contributed by atoms with E-state index in [1.54, 1.807) is 44.2 Å². The van der Waals surface area contributed by atoms with Gasteiger partial charge < -0.3 is 10.1 Å². The average Bonchev–Trinajstić information content (AvgIpc) is 2.74. The number of anilines is 2.